The van der Waals surface area contributed by atoms with Crippen LogP contribution in [0.2, 0.25) is 0 Å². The molecule has 0 saturated heterocycles. The molecule has 0 spiro atoms. The van der Waals surface area contributed by atoms with E-state index in [1.807, 2.05) is 18.2 Å². The van der Waals surface area contributed by atoms with Crippen molar-refractivity contribution in [2.45, 2.75) is 0 Å². The number of nitrogen functional groups attached to an aromatic ring is 1. The van der Waals surface area contributed by atoms with E-state index in [4.69, 9.17) is 20.4 Å². The van der Waals surface area contributed by atoms with Gasteiger partial charge in [0.15, 0.2) is 5.75 Å². The molecule has 0 unspecified atom stereocenters. The number of hydrogen-bond acceptors (Lipinski definition) is 8. The smallest absolute Gasteiger partial charge is 0.488 e. The first kappa shape index (κ1) is 20.8. The van der Waals surface area contributed by atoms with Gasteiger partial charge in [-0.1, -0.05) is 18.2 Å². The highest BCUT2D eigenvalue weighted by Crippen LogP contribution is 2.30. The Morgan fingerprint density at radius 2 is 1.93 bits per heavy atom. The maximum atomic E-state index is 9.58. The Kier molecular flexibility index (Phi) is 6.25. The quantitative estimate of drug-likeness (QED) is 0.279. The topological polar surface area (TPSA) is 157 Å². The van der Waals surface area contributed by atoms with Gasteiger partial charge in [0.1, 0.15) is 0 Å². The number of carbonyl (C=O) groups is 1. The van der Waals surface area contributed by atoms with Crippen LogP contribution in [0.5, 0.6) is 5.75 Å². The van der Waals surface area contributed by atoms with Gasteiger partial charge in [-0.05, 0) is 29.2 Å². The van der Waals surface area contributed by atoms with Gasteiger partial charge >= 0.3 is 7.12 Å². The van der Waals surface area contributed by atoms with Crippen LogP contribution in [0.4, 0.5) is 5.69 Å². The summed E-state index contributed by atoms with van der Waals surface area (Å²) in [6.07, 6.45) is 4.85. The summed E-state index contributed by atoms with van der Waals surface area (Å²) in [5.41, 5.74) is 9.82. The van der Waals surface area contributed by atoms with Crippen LogP contribution in [-0.2, 0) is 4.79 Å². The molecule has 10 nitrogen and oxygen atoms in total. The summed E-state index contributed by atoms with van der Waals surface area (Å²) in [5.74, 6) is 0.615. The van der Waals surface area contributed by atoms with E-state index in [1.165, 1.54) is 6.20 Å². The normalized spacial score (nSPS) is 10.2. The van der Waals surface area contributed by atoms with Crippen LogP contribution < -0.4 is 15.9 Å². The zero-order valence-electron chi connectivity index (χ0n) is 15.9. The van der Waals surface area contributed by atoms with Crippen molar-refractivity contribution in [1.29, 1.82) is 0 Å². The van der Waals surface area contributed by atoms with E-state index >= 15 is 0 Å². The molecule has 5 N–H and O–H groups in total. The second-order valence-electron chi connectivity index (χ2n) is 6.11. The lowest BCUT2D eigenvalue weighted by molar-refractivity contribution is -0.122. The first-order valence-corrected chi connectivity index (χ1v) is 8.66. The number of nitrogens with two attached hydrogens (primary N) is 1. The molecule has 11 heteroatoms. The maximum absolute atomic E-state index is 9.58. The number of hydrogen-bond donors (Lipinski definition) is 4. The Balaban J connectivity index is 0.000000806. The minimum Gasteiger partial charge on any atom is -0.493 e. The van der Waals surface area contributed by atoms with Crippen molar-refractivity contribution in [3.63, 3.8) is 0 Å². The van der Waals surface area contributed by atoms with E-state index in [2.05, 4.69) is 15.3 Å². The molecule has 0 fully saturated rings. The summed E-state index contributed by atoms with van der Waals surface area (Å²) in [4.78, 5) is 8.36. The number of fused-ring (bicyclic) bond motifs is 1. The van der Waals surface area contributed by atoms with Crippen LogP contribution in [0.25, 0.3) is 27.7 Å². The number of methoxy groups -OCH3 is 1. The molecule has 0 radical (unpaired) electrons. The highest BCUT2D eigenvalue weighted by molar-refractivity contribution is 6.58. The number of benzene rings is 2. The van der Waals surface area contributed by atoms with Gasteiger partial charge in [-0.3, -0.25) is 4.79 Å². The standard InChI is InChI=1S/C18H16BN5O3.CH2O2/c1-27-13-8-22-24(10-13)18-5-3-12(19(25)26)7-15(18)11-2-4-14-16(20)9-21-23-17(14)6-11;2-1-3/h2-10,25-26H,1H3,(H2,20,23);1H,(H,2,3). The fourth-order valence-corrected chi connectivity index (χ4v) is 2.94. The molecule has 2 aromatic carbocycles. The zero-order valence-corrected chi connectivity index (χ0v) is 15.9. The van der Waals surface area contributed by atoms with Gasteiger partial charge in [0.25, 0.3) is 6.47 Å². The van der Waals surface area contributed by atoms with Gasteiger partial charge in [-0.2, -0.15) is 15.3 Å². The average molecular weight is 407 g/mol. The molecule has 0 saturated carbocycles. The number of nitrogens with zero attached hydrogens (tertiary/aromatic N) is 4. The molecule has 2 heterocycles. The average Bonchev–Trinajstić information content (AvgIpc) is 3.23. The number of aromatic nitrogens is 4. The first-order valence-electron chi connectivity index (χ1n) is 8.66. The Morgan fingerprint density at radius 3 is 2.60 bits per heavy atom. The second kappa shape index (κ2) is 9.03. The van der Waals surface area contributed by atoms with Crippen LogP contribution in [-0.4, -0.2) is 55.8 Å². The summed E-state index contributed by atoms with van der Waals surface area (Å²) >= 11 is 0. The van der Waals surface area contributed by atoms with Crippen LogP contribution in [0.15, 0.2) is 55.0 Å². The fraction of sp³-hybridized carbons (Fsp3) is 0.0526. The summed E-state index contributed by atoms with van der Waals surface area (Å²) in [6, 6.07) is 10.7. The third kappa shape index (κ3) is 4.21. The molecule has 0 aliphatic heterocycles. The van der Waals surface area contributed by atoms with Gasteiger partial charge in [0, 0.05) is 10.9 Å². The summed E-state index contributed by atoms with van der Waals surface area (Å²) in [6.45, 7) is -0.250. The lowest BCUT2D eigenvalue weighted by Crippen LogP contribution is -2.30. The molecule has 0 aliphatic rings. The van der Waals surface area contributed by atoms with Crippen molar-refractivity contribution < 1.29 is 24.7 Å². The summed E-state index contributed by atoms with van der Waals surface area (Å²) < 4.78 is 6.86. The van der Waals surface area contributed by atoms with Crippen molar-refractivity contribution in [3.8, 4) is 22.6 Å². The molecule has 0 aliphatic carbocycles. The highest BCUT2D eigenvalue weighted by atomic mass is 16.5. The summed E-state index contributed by atoms with van der Waals surface area (Å²) in [7, 11) is -0.0132. The molecular weight excluding hydrogens is 389 g/mol. The Bertz CT molecular complexity index is 1180. The van der Waals surface area contributed by atoms with Gasteiger partial charge in [0.2, 0.25) is 0 Å². The van der Waals surface area contributed by atoms with E-state index in [0.29, 0.717) is 22.4 Å². The number of carboxylic acid groups (broad SMARTS) is 1. The number of rotatable bonds is 4. The molecule has 2 aromatic heterocycles. The van der Waals surface area contributed by atoms with Gasteiger partial charge in [-0.25, -0.2) is 4.68 Å². The molecule has 4 aromatic rings. The highest BCUT2D eigenvalue weighted by Gasteiger charge is 2.17. The Labute approximate surface area is 171 Å². The van der Waals surface area contributed by atoms with E-state index in [0.717, 1.165) is 22.2 Å². The molecular formula is C19H18BN5O5. The molecule has 0 atom stereocenters. The third-order valence-corrected chi connectivity index (χ3v) is 4.34. The van der Waals surface area contributed by atoms with Gasteiger partial charge < -0.3 is 25.6 Å². The largest absolute Gasteiger partial charge is 0.493 e. The fourth-order valence-electron chi connectivity index (χ4n) is 2.94. The molecule has 152 valence electrons. The SMILES string of the molecule is COc1cnn(-c2ccc(B(O)O)cc2-c2ccc3c(N)cnnc3c2)c1.O=CO. The van der Waals surface area contributed by atoms with Crippen molar-refractivity contribution in [2.24, 2.45) is 0 Å². The van der Waals surface area contributed by atoms with Crippen molar-refractivity contribution in [3.05, 3.63) is 55.0 Å². The monoisotopic (exact) mass is 407 g/mol. The predicted octanol–water partition coefficient (Wildman–Crippen LogP) is 0.454. The number of anilines is 1. The lowest BCUT2D eigenvalue weighted by Gasteiger charge is -2.13. The van der Waals surface area contributed by atoms with E-state index in [9.17, 15) is 10.0 Å². The van der Waals surface area contributed by atoms with Crippen LogP contribution in [0, 0.1) is 0 Å². The van der Waals surface area contributed by atoms with Crippen LogP contribution in [0.3, 0.4) is 0 Å². The minimum atomic E-state index is -1.58. The lowest BCUT2D eigenvalue weighted by atomic mass is 9.78. The van der Waals surface area contributed by atoms with Crippen molar-refractivity contribution in [2.75, 3.05) is 12.8 Å². The van der Waals surface area contributed by atoms with E-state index in [-0.39, 0.29) is 6.47 Å². The molecule has 30 heavy (non-hydrogen) atoms. The zero-order chi connectivity index (χ0) is 21.7. The van der Waals surface area contributed by atoms with Crippen LogP contribution >= 0.6 is 0 Å². The van der Waals surface area contributed by atoms with E-state index in [1.54, 1.807) is 42.4 Å². The van der Waals surface area contributed by atoms with Crippen molar-refractivity contribution >= 4 is 35.6 Å². The van der Waals surface area contributed by atoms with Gasteiger partial charge in [0.05, 0.1) is 42.6 Å². The summed E-state index contributed by atoms with van der Waals surface area (Å²) in [5, 5.41) is 39.2. The second-order valence-corrected chi connectivity index (χ2v) is 6.11. The minimum absolute atomic E-state index is 0.250. The van der Waals surface area contributed by atoms with Crippen molar-refractivity contribution in [1.82, 2.24) is 20.0 Å². The third-order valence-electron chi connectivity index (χ3n) is 4.34. The molecule has 0 bridgehead atoms. The molecule has 4 rings (SSSR count). The van der Waals surface area contributed by atoms with Crippen LogP contribution in [0.1, 0.15) is 0 Å². The number of ether oxygens (including phenoxy) is 1. The predicted molar refractivity (Wildman–Crippen MR) is 112 cm³/mol. The van der Waals surface area contributed by atoms with Gasteiger partial charge in [-0.15, -0.1) is 0 Å². The Hall–Kier alpha value is -3.96. The molecule has 0 amide bonds. The Morgan fingerprint density at radius 1 is 1.17 bits per heavy atom. The first-order chi connectivity index (χ1) is 14.5. The maximum Gasteiger partial charge on any atom is 0.488 e. The van der Waals surface area contributed by atoms with E-state index < -0.39 is 7.12 Å².